The highest BCUT2D eigenvalue weighted by Crippen LogP contribution is 2.69. The summed E-state index contributed by atoms with van der Waals surface area (Å²) in [5.74, 6) is -0.606. The lowest BCUT2D eigenvalue weighted by atomic mass is 9.45. The smallest absolute Gasteiger partial charge is 0.223 e. The van der Waals surface area contributed by atoms with Crippen LogP contribution in [-0.4, -0.2) is 41.7 Å². The van der Waals surface area contributed by atoms with E-state index in [2.05, 4.69) is 19.2 Å². The maximum absolute atomic E-state index is 17.0. The quantitative estimate of drug-likeness (QED) is 0.673. The fraction of sp³-hybridized carbons (Fsp3) is 0.739. The van der Waals surface area contributed by atoms with Crippen LogP contribution < -0.4 is 11.1 Å². The molecule has 3 fully saturated rings. The monoisotopic (exact) mass is 404 g/mol. The van der Waals surface area contributed by atoms with Crippen LogP contribution in [0.2, 0.25) is 0 Å². The van der Waals surface area contributed by atoms with Gasteiger partial charge in [0.15, 0.2) is 11.5 Å². The predicted octanol–water partition coefficient (Wildman–Crippen LogP) is 2.29. The van der Waals surface area contributed by atoms with Gasteiger partial charge in [-0.15, -0.1) is 0 Å². The van der Waals surface area contributed by atoms with Gasteiger partial charge in [0.25, 0.3) is 0 Å². The molecule has 4 aliphatic carbocycles. The Balaban J connectivity index is 1.73. The molecule has 0 saturated heterocycles. The molecule has 4 N–H and O–H groups in total. The second kappa shape index (κ2) is 6.74. The maximum Gasteiger partial charge on any atom is 0.223 e. The van der Waals surface area contributed by atoms with Gasteiger partial charge in [-0.3, -0.25) is 9.59 Å². The highest BCUT2D eigenvalue weighted by molar-refractivity contribution is 6.01. The fourth-order valence-corrected chi connectivity index (χ4v) is 7.44. The lowest BCUT2D eigenvalue weighted by Crippen LogP contribution is -2.67. The molecule has 2 unspecified atom stereocenters. The Hall–Kier alpha value is -1.53. The maximum atomic E-state index is 17.0. The van der Waals surface area contributed by atoms with Crippen LogP contribution >= 0.6 is 0 Å². The molecule has 0 heterocycles. The number of nitrogens with one attached hydrogen (secondary N) is 1. The van der Waals surface area contributed by atoms with Crippen molar-refractivity contribution in [3.8, 4) is 0 Å². The molecule has 0 spiro atoms. The van der Waals surface area contributed by atoms with Gasteiger partial charge in [0.05, 0.1) is 6.10 Å². The molecule has 8 atom stereocenters. The highest BCUT2D eigenvalue weighted by Gasteiger charge is 2.71. The minimum atomic E-state index is -1.83. The number of hydrogen-bond acceptors (Lipinski definition) is 4. The SMILES string of the molecule is C[C@@H]1CC2C3CCC4=CC(=O)C=C[C@]4(C)[C@@]3(F)[C@@H](O)C[C@]2(C)[C@H]1C(=O)NCCN. The van der Waals surface area contributed by atoms with Gasteiger partial charge in [0, 0.05) is 30.3 Å². The van der Waals surface area contributed by atoms with Crippen molar-refractivity contribution in [3.63, 3.8) is 0 Å². The molecular formula is C23H33FN2O3. The van der Waals surface area contributed by atoms with Gasteiger partial charge >= 0.3 is 0 Å². The summed E-state index contributed by atoms with van der Waals surface area (Å²) >= 11 is 0. The summed E-state index contributed by atoms with van der Waals surface area (Å²) in [5.41, 5.74) is 3.07. The molecule has 1 amide bonds. The number of carbonyl (C=O) groups is 2. The van der Waals surface area contributed by atoms with Gasteiger partial charge in [0.2, 0.25) is 5.91 Å². The first-order chi connectivity index (χ1) is 13.6. The number of ketones is 1. The lowest BCUT2D eigenvalue weighted by molar-refractivity contribution is -0.195. The zero-order valence-corrected chi connectivity index (χ0v) is 17.6. The van der Waals surface area contributed by atoms with Gasteiger partial charge in [-0.25, -0.2) is 4.39 Å². The summed E-state index contributed by atoms with van der Waals surface area (Å²) in [6.07, 6.45) is 5.76. The van der Waals surface area contributed by atoms with Crippen molar-refractivity contribution < 1.29 is 19.1 Å². The second-order valence-corrected chi connectivity index (χ2v) is 10.1. The van der Waals surface area contributed by atoms with Crippen LogP contribution in [0, 0.1) is 34.5 Å². The zero-order valence-electron chi connectivity index (χ0n) is 17.6. The Morgan fingerprint density at radius 3 is 2.79 bits per heavy atom. The number of hydrogen-bond donors (Lipinski definition) is 3. The van der Waals surface area contributed by atoms with Crippen LogP contribution in [0.25, 0.3) is 0 Å². The number of nitrogens with two attached hydrogens (primary N) is 1. The second-order valence-electron chi connectivity index (χ2n) is 10.1. The van der Waals surface area contributed by atoms with Crippen molar-refractivity contribution >= 4 is 11.7 Å². The van der Waals surface area contributed by atoms with E-state index in [0.29, 0.717) is 25.9 Å². The summed E-state index contributed by atoms with van der Waals surface area (Å²) in [7, 11) is 0. The van der Waals surface area contributed by atoms with Crippen molar-refractivity contribution in [2.24, 2.45) is 40.2 Å². The van der Waals surface area contributed by atoms with E-state index >= 15 is 4.39 Å². The van der Waals surface area contributed by atoms with Crippen LogP contribution in [-0.2, 0) is 9.59 Å². The number of rotatable bonds is 3. The van der Waals surface area contributed by atoms with Gasteiger partial charge in [-0.05, 0) is 62.0 Å². The number of alkyl halides is 1. The predicted molar refractivity (Wildman–Crippen MR) is 108 cm³/mol. The van der Waals surface area contributed by atoms with E-state index in [1.807, 2.05) is 6.92 Å². The molecule has 4 rings (SSSR count). The number of amides is 1. The third-order valence-electron chi connectivity index (χ3n) is 8.71. The molecule has 0 aromatic heterocycles. The number of allylic oxidation sites excluding steroid dienone is 4. The number of aliphatic hydroxyl groups is 1. The Morgan fingerprint density at radius 2 is 2.10 bits per heavy atom. The average Bonchev–Trinajstić information content (AvgIpc) is 2.91. The molecule has 0 aromatic rings. The molecule has 3 saturated carbocycles. The summed E-state index contributed by atoms with van der Waals surface area (Å²) < 4.78 is 17.0. The number of fused-ring (bicyclic) bond motifs is 5. The Kier molecular flexibility index (Phi) is 4.82. The van der Waals surface area contributed by atoms with Crippen molar-refractivity contribution in [2.75, 3.05) is 13.1 Å². The van der Waals surface area contributed by atoms with E-state index in [0.717, 1.165) is 12.0 Å². The van der Waals surface area contributed by atoms with E-state index in [9.17, 15) is 14.7 Å². The standard InChI is InChI=1S/C23H33FN2O3/c1-13-10-17-16-5-4-14-11-15(27)6-7-22(14,3)23(16,24)18(28)12-21(17,2)19(13)20(29)26-9-8-25/h6-7,11,13,16-19,28H,4-5,8-10,12,25H2,1-3H3,(H,26,29)/t13-,16?,17?,18+,19-,21+,22+,23+/m1/s1. The Labute approximate surface area is 172 Å². The number of aliphatic hydroxyl groups excluding tert-OH is 1. The number of halogens is 1. The van der Waals surface area contributed by atoms with Crippen LogP contribution in [0.4, 0.5) is 4.39 Å². The van der Waals surface area contributed by atoms with E-state index in [4.69, 9.17) is 5.73 Å². The first-order valence-corrected chi connectivity index (χ1v) is 10.9. The average molecular weight is 405 g/mol. The minimum Gasteiger partial charge on any atom is -0.390 e. The molecular weight excluding hydrogens is 371 g/mol. The van der Waals surface area contributed by atoms with Crippen LogP contribution in [0.5, 0.6) is 0 Å². The molecule has 0 radical (unpaired) electrons. The van der Waals surface area contributed by atoms with Crippen molar-refractivity contribution in [3.05, 3.63) is 23.8 Å². The normalized spacial score (nSPS) is 48.4. The summed E-state index contributed by atoms with van der Waals surface area (Å²) in [4.78, 5) is 24.8. The molecule has 4 aliphatic rings. The largest absolute Gasteiger partial charge is 0.390 e. The highest BCUT2D eigenvalue weighted by atomic mass is 19.1. The topological polar surface area (TPSA) is 92.4 Å². The third kappa shape index (κ3) is 2.64. The molecule has 0 aliphatic heterocycles. The Morgan fingerprint density at radius 1 is 1.38 bits per heavy atom. The molecule has 160 valence electrons. The molecule has 0 aromatic carbocycles. The van der Waals surface area contributed by atoms with E-state index in [1.54, 1.807) is 12.2 Å². The zero-order chi connectivity index (χ0) is 21.2. The summed E-state index contributed by atoms with van der Waals surface area (Å²) in [5, 5.41) is 14.2. The molecule has 0 bridgehead atoms. The molecule has 29 heavy (non-hydrogen) atoms. The Bertz CT molecular complexity index is 795. The van der Waals surface area contributed by atoms with E-state index in [-0.39, 0.29) is 41.8 Å². The third-order valence-corrected chi connectivity index (χ3v) is 8.71. The van der Waals surface area contributed by atoms with Gasteiger partial charge in [0.1, 0.15) is 0 Å². The minimum absolute atomic E-state index is 0.0175. The fourth-order valence-electron chi connectivity index (χ4n) is 7.44. The molecule has 6 heteroatoms. The van der Waals surface area contributed by atoms with Crippen LogP contribution in [0.1, 0.15) is 46.5 Å². The lowest BCUT2D eigenvalue weighted by Gasteiger charge is -2.61. The summed E-state index contributed by atoms with van der Waals surface area (Å²) in [6.45, 7) is 6.75. The van der Waals surface area contributed by atoms with E-state index < -0.39 is 22.6 Å². The first kappa shape index (κ1) is 20.7. The van der Waals surface area contributed by atoms with Crippen molar-refractivity contribution in [2.45, 2.75) is 58.2 Å². The van der Waals surface area contributed by atoms with Gasteiger partial charge < -0.3 is 16.2 Å². The van der Waals surface area contributed by atoms with E-state index in [1.165, 1.54) is 6.08 Å². The first-order valence-electron chi connectivity index (χ1n) is 10.9. The van der Waals surface area contributed by atoms with Gasteiger partial charge in [-0.1, -0.05) is 25.5 Å². The van der Waals surface area contributed by atoms with Crippen molar-refractivity contribution in [1.29, 1.82) is 0 Å². The van der Waals surface area contributed by atoms with Gasteiger partial charge in [-0.2, -0.15) is 0 Å². The van der Waals surface area contributed by atoms with Crippen LogP contribution in [0.3, 0.4) is 0 Å². The van der Waals surface area contributed by atoms with Crippen molar-refractivity contribution in [1.82, 2.24) is 5.32 Å². The van der Waals surface area contributed by atoms with Crippen LogP contribution in [0.15, 0.2) is 23.8 Å². The summed E-state index contributed by atoms with van der Waals surface area (Å²) in [6, 6.07) is 0. The number of carbonyl (C=O) groups excluding carboxylic acids is 2. The molecule has 5 nitrogen and oxygen atoms in total.